The molecule has 0 saturated carbocycles. The quantitative estimate of drug-likeness (QED) is 0.681. The van der Waals surface area contributed by atoms with Crippen molar-refractivity contribution in [1.29, 1.82) is 0 Å². The van der Waals surface area contributed by atoms with E-state index in [1.54, 1.807) is 4.68 Å². The van der Waals surface area contributed by atoms with Gasteiger partial charge in [0.15, 0.2) is 12.2 Å². The van der Waals surface area contributed by atoms with Gasteiger partial charge in [0.25, 0.3) is 0 Å². The molecule has 0 aliphatic carbocycles. The molecule has 0 bridgehead atoms. The normalized spacial score (nSPS) is 10.2. The minimum Gasteiger partial charge on any atom is -0.246 e. The van der Waals surface area contributed by atoms with Crippen molar-refractivity contribution in [2.24, 2.45) is 7.05 Å². The van der Waals surface area contributed by atoms with E-state index in [4.69, 9.17) is 0 Å². The topological polar surface area (TPSA) is 30.7 Å². The maximum absolute atomic E-state index is 4.16. The third-order valence-corrected chi connectivity index (χ3v) is 1.79. The van der Waals surface area contributed by atoms with E-state index in [-0.39, 0.29) is 0 Å². The first-order valence-corrected chi connectivity index (χ1v) is 4.16. The SMILES string of the molecule is Cn1[c]nc(Cc2ccccc2)n1. The second-order valence-electron chi connectivity index (χ2n) is 2.91. The molecule has 2 rings (SSSR count). The maximum Gasteiger partial charge on any atom is 0.196 e. The Kier molecular flexibility index (Phi) is 2.08. The Balaban J connectivity index is 2.15. The number of benzene rings is 1. The van der Waals surface area contributed by atoms with Gasteiger partial charge in [-0.05, 0) is 5.56 Å². The van der Waals surface area contributed by atoms with Crippen LogP contribution in [0.1, 0.15) is 11.4 Å². The maximum atomic E-state index is 4.16. The number of hydrogen-bond acceptors (Lipinski definition) is 2. The molecule has 65 valence electrons. The largest absolute Gasteiger partial charge is 0.246 e. The molecule has 0 saturated heterocycles. The smallest absolute Gasteiger partial charge is 0.196 e. The van der Waals surface area contributed by atoms with Crippen LogP contribution in [-0.2, 0) is 13.5 Å². The number of rotatable bonds is 2. The van der Waals surface area contributed by atoms with E-state index < -0.39 is 0 Å². The molecular formula is C10H10N3. The number of nitrogens with zero attached hydrogens (tertiary/aromatic N) is 3. The van der Waals surface area contributed by atoms with Crippen LogP contribution in [0.15, 0.2) is 30.3 Å². The van der Waals surface area contributed by atoms with E-state index >= 15 is 0 Å². The average molecular weight is 172 g/mol. The highest BCUT2D eigenvalue weighted by atomic mass is 15.3. The van der Waals surface area contributed by atoms with Crippen LogP contribution < -0.4 is 0 Å². The van der Waals surface area contributed by atoms with Crippen molar-refractivity contribution in [3.8, 4) is 0 Å². The average Bonchev–Trinajstić information content (AvgIpc) is 2.53. The van der Waals surface area contributed by atoms with E-state index in [0.29, 0.717) is 0 Å². The highest BCUT2D eigenvalue weighted by Crippen LogP contribution is 2.03. The van der Waals surface area contributed by atoms with Crippen LogP contribution >= 0.6 is 0 Å². The lowest BCUT2D eigenvalue weighted by atomic mass is 10.1. The predicted molar refractivity (Wildman–Crippen MR) is 49.1 cm³/mol. The summed E-state index contributed by atoms with van der Waals surface area (Å²) in [6, 6.07) is 10.2. The van der Waals surface area contributed by atoms with E-state index in [2.05, 4.69) is 28.5 Å². The highest BCUT2D eigenvalue weighted by molar-refractivity contribution is 5.18. The lowest BCUT2D eigenvalue weighted by molar-refractivity contribution is 0.744. The Morgan fingerprint density at radius 3 is 2.69 bits per heavy atom. The van der Waals surface area contributed by atoms with Crippen molar-refractivity contribution in [1.82, 2.24) is 14.8 Å². The fraction of sp³-hybridized carbons (Fsp3) is 0.200. The number of aromatic nitrogens is 3. The summed E-state index contributed by atoms with van der Waals surface area (Å²) in [7, 11) is 1.82. The zero-order valence-electron chi connectivity index (χ0n) is 7.44. The van der Waals surface area contributed by atoms with Crippen LogP contribution in [0.4, 0.5) is 0 Å². The molecule has 0 amide bonds. The summed E-state index contributed by atoms with van der Waals surface area (Å²) < 4.78 is 1.60. The van der Waals surface area contributed by atoms with Gasteiger partial charge in [-0.2, -0.15) is 5.10 Å². The van der Waals surface area contributed by atoms with Gasteiger partial charge in [0.05, 0.1) is 0 Å². The van der Waals surface area contributed by atoms with Gasteiger partial charge < -0.3 is 0 Å². The number of aryl methyl sites for hydroxylation is 1. The third kappa shape index (κ3) is 1.93. The minimum atomic E-state index is 0.776. The van der Waals surface area contributed by atoms with Crippen LogP contribution in [0.2, 0.25) is 0 Å². The molecule has 0 N–H and O–H groups in total. The fourth-order valence-electron chi connectivity index (χ4n) is 1.20. The van der Waals surface area contributed by atoms with Crippen LogP contribution in [0.3, 0.4) is 0 Å². The van der Waals surface area contributed by atoms with Crippen LogP contribution in [-0.4, -0.2) is 14.8 Å². The lowest BCUT2D eigenvalue weighted by Gasteiger charge is -1.94. The van der Waals surface area contributed by atoms with E-state index in [9.17, 15) is 0 Å². The van der Waals surface area contributed by atoms with E-state index in [0.717, 1.165) is 12.2 Å². The molecule has 2 aromatic rings. The van der Waals surface area contributed by atoms with Crippen LogP contribution in [0, 0.1) is 6.33 Å². The zero-order chi connectivity index (χ0) is 9.10. The molecule has 13 heavy (non-hydrogen) atoms. The van der Waals surface area contributed by atoms with Crippen molar-refractivity contribution in [3.63, 3.8) is 0 Å². The summed E-state index contributed by atoms with van der Waals surface area (Å²) in [5.74, 6) is 0.814. The molecule has 1 radical (unpaired) electrons. The van der Waals surface area contributed by atoms with E-state index in [1.807, 2.05) is 25.2 Å². The van der Waals surface area contributed by atoms with Crippen molar-refractivity contribution in [3.05, 3.63) is 48.0 Å². The molecule has 0 spiro atoms. The Morgan fingerprint density at radius 1 is 1.31 bits per heavy atom. The minimum absolute atomic E-state index is 0.776. The Morgan fingerprint density at radius 2 is 2.08 bits per heavy atom. The fourth-order valence-corrected chi connectivity index (χ4v) is 1.20. The summed E-state index contributed by atoms with van der Waals surface area (Å²) in [4.78, 5) is 4.04. The first-order valence-electron chi connectivity index (χ1n) is 4.16. The summed E-state index contributed by atoms with van der Waals surface area (Å²) in [5.41, 5.74) is 1.22. The number of hydrogen-bond donors (Lipinski definition) is 0. The van der Waals surface area contributed by atoms with Gasteiger partial charge in [0.2, 0.25) is 0 Å². The van der Waals surface area contributed by atoms with Crippen molar-refractivity contribution >= 4 is 0 Å². The second-order valence-corrected chi connectivity index (χ2v) is 2.91. The second kappa shape index (κ2) is 3.39. The summed E-state index contributed by atoms with van der Waals surface area (Å²) >= 11 is 0. The molecule has 3 nitrogen and oxygen atoms in total. The van der Waals surface area contributed by atoms with Gasteiger partial charge in [-0.3, -0.25) is 0 Å². The summed E-state index contributed by atoms with van der Waals surface area (Å²) in [5, 5.41) is 4.16. The zero-order valence-corrected chi connectivity index (χ0v) is 7.44. The molecule has 0 fully saturated rings. The van der Waals surface area contributed by atoms with Crippen molar-refractivity contribution < 1.29 is 0 Å². The molecule has 3 heteroatoms. The molecule has 0 aliphatic heterocycles. The molecule has 0 atom stereocenters. The predicted octanol–water partition coefficient (Wildman–Crippen LogP) is 1.21. The van der Waals surface area contributed by atoms with Gasteiger partial charge >= 0.3 is 0 Å². The monoisotopic (exact) mass is 172 g/mol. The Bertz CT molecular complexity index is 378. The Labute approximate surface area is 77.0 Å². The lowest BCUT2D eigenvalue weighted by Crippen LogP contribution is -1.93. The molecule has 0 aliphatic rings. The first-order chi connectivity index (χ1) is 6.34. The van der Waals surface area contributed by atoms with Gasteiger partial charge in [0, 0.05) is 13.5 Å². The third-order valence-electron chi connectivity index (χ3n) is 1.79. The summed E-state index contributed by atoms with van der Waals surface area (Å²) in [6.45, 7) is 0. The van der Waals surface area contributed by atoms with Gasteiger partial charge in [0.1, 0.15) is 0 Å². The molecule has 0 unspecified atom stereocenters. The van der Waals surface area contributed by atoms with Crippen LogP contribution in [0.5, 0.6) is 0 Å². The molecular weight excluding hydrogens is 162 g/mol. The van der Waals surface area contributed by atoms with Gasteiger partial charge in [-0.25, -0.2) is 9.67 Å². The standard InChI is InChI=1S/C10H10N3/c1-13-8-11-10(12-13)7-9-5-3-2-4-6-9/h2-6H,7H2,1H3. The van der Waals surface area contributed by atoms with Gasteiger partial charge in [-0.15, -0.1) is 0 Å². The molecule has 1 aromatic carbocycles. The first kappa shape index (κ1) is 7.98. The van der Waals surface area contributed by atoms with E-state index in [1.165, 1.54) is 5.56 Å². The van der Waals surface area contributed by atoms with Gasteiger partial charge in [-0.1, -0.05) is 30.3 Å². The van der Waals surface area contributed by atoms with Crippen LogP contribution in [0.25, 0.3) is 0 Å². The Hall–Kier alpha value is -1.64. The van der Waals surface area contributed by atoms with Crippen molar-refractivity contribution in [2.75, 3.05) is 0 Å². The molecule has 1 aromatic heterocycles. The molecule has 1 heterocycles. The van der Waals surface area contributed by atoms with Crippen molar-refractivity contribution in [2.45, 2.75) is 6.42 Å². The summed E-state index contributed by atoms with van der Waals surface area (Å²) in [6.07, 6.45) is 3.52. The highest BCUT2D eigenvalue weighted by Gasteiger charge is 1.99.